The minimum atomic E-state index is -0.951. The fraction of sp³-hybridized carbons (Fsp3) is 0.167. The van der Waals surface area contributed by atoms with Crippen molar-refractivity contribution in [2.24, 2.45) is 0 Å². The highest BCUT2D eigenvalue weighted by atomic mass is 32.1. The largest absolute Gasteiger partial charge is 0.487 e. The molecule has 0 spiro atoms. The summed E-state index contributed by atoms with van der Waals surface area (Å²) in [5.41, 5.74) is 0.959. The van der Waals surface area contributed by atoms with E-state index in [-0.39, 0.29) is 4.88 Å². The summed E-state index contributed by atoms with van der Waals surface area (Å²) in [6, 6.07) is 5.41. The Morgan fingerprint density at radius 1 is 1.47 bits per heavy atom. The highest BCUT2D eigenvalue weighted by Crippen LogP contribution is 2.29. The first-order valence-electron chi connectivity index (χ1n) is 5.02. The number of pyridine rings is 1. The van der Waals surface area contributed by atoms with Crippen LogP contribution < -0.4 is 4.74 Å². The third kappa shape index (κ3) is 2.82. The fourth-order valence-corrected chi connectivity index (χ4v) is 2.18. The van der Waals surface area contributed by atoms with Gasteiger partial charge in [0, 0.05) is 17.3 Å². The molecule has 0 aliphatic carbocycles. The molecule has 0 radical (unpaired) electrons. The van der Waals surface area contributed by atoms with Gasteiger partial charge < -0.3 is 9.84 Å². The highest BCUT2D eigenvalue weighted by Gasteiger charge is 2.15. The quantitative estimate of drug-likeness (QED) is 0.905. The van der Waals surface area contributed by atoms with Crippen LogP contribution in [0.25, 0.3) is 0 Å². The van der Waals surface area contributed by atoms with Crippen LogP contribution in [0.2, 0.25) is 0 Å². The first-order valence-corrected chi connectivity index (χ1v) is 5.84. The lowest BCUT2D eigenvalue weighted by atomic mass is 10.3. The van der Waals surface area contributed by atoms with Crippen LogP contribution in [-0.2, 0) is 6.61 Å². The maximum atomic E-state index is 11.0. The average molecular weight is 249 g/mol. The van der Waals surface area contributed by atoms with Gasteiger partial charge in [-0.25, -0.2) is 4.79 Å². The molecule has 1 N–H and O–H groups in total. The van der Waals surface area contributed by atoms with Crippen LogP contribution in [0.4, 0.5) is 0 Å². The summed E-state index contributed by atoms with van der Waals surface area (Å²) in [5.74, 6) is -0.523. The second-order valence-corrected chi connectivity index (χ2v) is 4.76. The maximum absolute atomic E-state index is 11.0. The number of carboxylic acids is 1. The second-order valence-electron chi connectivity index (χ2n) is 3.50. The number of carbonyl (C=O) groups is 1. The van der Waals surface area contributed by atoms with Crippen LogP contribution in [0, 0.1) is 6.92 Å². The summed E-state index contributed by atoms with van der Waals surface area (Å²) < 4.78 is 5.51. The number of carboxylic acid groups (broad SMARTS) is 1. The van der Waals surface area contributed by atoms with E-state index in [1.807, 2.05) is 19.1 Å². The van der Waals surface area contributed by atoms with E-state index in [1.54, 1.807) is 18.5 Å². The molecule has 0 aliphatic rings. The topological polar surface area (TPSA) is 59.4 Å². The van der Waals surface area contributed by atoms with E-state index in [4.69, 9.17) is 9.84 Å². The Morgan fingerprint density at radius 2 is 2.18 bits per heavy atom. The Morgan fingerprint density at radius 3 is 2.82 bits per heavy atom. The summed E-state index contributed by atoms with van der Waals surface area (Å²) in [5, 5.41) is 9.00. The van der Waals surface area contributed by atoms with E-state index in [0.717, 1.165) is 10.4 Å². The molecule has 0 unspecified atom stereocenters. The van der Waals surface area contributed by atoms with Gasteiger partial charge in [0.05, 0.1) is 0 Å². The first kappa shape index (κ1) is 11.6. The van der Waals surface area contributed by atoms with E-state index in [9.17, 15) is 4.79 Å². The monoisotopic (exact) mass is 249 g/mol. The number of aryl methyl sites for hydroxylation is 1. The molecule has 0 atom stereocenters. The van der Waals surface area contributed by atoms with Crippen molar-refractivity contribution in [3.63, 3.8) is 0 Å². The summed E-state index contributed by atoms with van der Waals surface area (Å²) >= 11 is 1.22. The van der Waals surface area contributed by atoms with Crippen LogP contribution in [0.5, 0.6) is 5.75 Å². The predicted octanol–water partition coefficient (Wildman–Crippen LogP) is 2.73. The molecule has 2 heterocycles. The van der Waals surface area contributed by atoms with Crippen molar-refractivity contribution < 1.29 is 14.6 Å². The van der Waals surface area contributed by atoms with Gasteiger partial charge in [-0.05, 0) is 30.7 Å². The number of hydrogen-bond donors (Lipinski definition) is 1. The molecular weight excluding hydrogens is 238 g/mol. The van der Waals surface area contributed by atoms with Gasteiger partial charge in [-0.1, -0.05) is 0 Å². The van der Waals surface area contributed by atoms with E-state index >= 15 is 0 Å². The number of hydrogen-bond acceptors (Lipinski definition) is 4. The lowest BCUT2D eigenvalue weighted by Crippen LogP contribution is -2.00. The number of nitrogens with zero attached hydrogens (tertiary/aromatic N) is 1. The third-order valence-electron chi connectivity index (χ3n) is 2.16. The number of aromatic carboxylic acids is 1. The molecule has 0 fully saturated rings. The zero-order valence-electron chi connectivity index (χ0n) is 9.21. The van der Waals surface area contributed by atoms with E-state index in [1.165, 1.54) is 11.3 Å². The van der Waals surface area contributed by atoms with Gasteiger partial charge in [0.2, 0.25) is 0 Å². The van der Waals surface area contributed by atoms with Crippen LogP contribution >= 0.6 is 11.3 Å². The van der Waals surface area contributed by atoms with Crippen molar-refractivity contribution in [1.82, 2.24) is 4.98 Å². The molecule has 17 heavy (non-hydrogen) atoms. The molecule has 2 aromatic rings. The normalized spacial score (nSPS) is 10.2. The van der Waals surface area contributed by atoms with Crippen molar-refractivity contribution in [2.75, 3.05) is 0 Å². The third-order valence-corrected chi connectivity index (χ3v) is 3.18. The lowest BCUT2D eigenvalue weighted by molar-refractivity contribution is 0.0697. The summed E-state index contributed by atoms with van der Waals surface area (Å²) in [4.78, 5) is 16.0. The Kier molecular flexibility index (Phi) is 3.39. The molecule has 0 saturated carbocycles. The van der Waals surface area contributed by atoms with Crippen molar-refractivity contribution in [3.8, 4) is 5.75 Å². The molecule has 0 aliphatic heterocycles. The van der Waals surface area contributed by atoms with Crippen LogP contribution in [-0.4, -0.2) is 16.1 Å². The Bertz CT molecular complexity index is 522. The summed E-state index contributed by atoms with van der Waals surface area (Å²) in [6.45, 7) is 2.20. The highest BCUT2D eigenvalue weighted by molar-refractivity contribution is 7.14. The average Bonchev–Trinajstić information content (AvgIpc) is 2.69. The SMILES string of the molecule is Cc1cc(OCc2ccncc2)c(C(=O)O)s1. The molecule has 2 rings (SSSR count). The van der Waals surface area contributed by atoms with Crippen molar-refractivity contribution in [1.29, 1.82) is 0 Å². The molecule has 4 nitrogen and oxygen atoms in total. The molecule has 0 amide bonds. The molecule has 88 valence electrons. The van der Waals surface area contributed by atoms with E-state index in [0.29, 0.717) is 12.4 Å². The zero-order valence-corrected chi connectivity index (χ0v) is 10.0. The number of ether oxygens (including phenoxy) is 1. The van der Waals surface area contributed by atoms with Crippen molar-refractivity contribution in [3.05, 3.63) is 45.9 Å². The molecule has 0 saturated heterocycles. The van der Waals surface area contributed by atoms with Crippen molar-refractivity contribution >= 4 is 17.3 Å². The minimum Gasteiger partial charge on any atom is -0.487 e. The van der Waals surface area contributed by atoms with Gasteiger partial charge >= 0.3 is 5.97 Å². The molecule has 0 bridgehead atoms. The smallest absolute Gasteiger partial charge is 0.349 e. The summed E-state index contributed by atoms with van der Waals surface area (Å²) in [6.07, 6.45) is 3.35. The summed E-state index contributed by atoms with van der Waals surface area (Å²) in [7, 11) is 0. The number of thiophene rings is 1. The fourth-order valence-electron chi connectivity index (χ4n) is 1.39. The van der Waals surface area contributed by atoms with E-state index < -0.39 is 5.97 Å². The predicted molar refractivity (Wildman–Crippen MR) is 64.6 cm³/mol. The lowest BCUT2D eigenvalue weighted by Gasteiger charge is -2.04. The molecule has 0 aromatic carbocycles. The second kappa shape index (κ2) is 4.97. The van der Waals surface area contributed by atoms with E-state index in [2.05, 4.69) is 4.98 Å². The van der Waals surface area contributed by atoms with Crippen LogP contribution in [0.1, 0.15) is 20.1 Å². The Labute approximate surface area is 103 Å². The zero-order chi connectivity index (χ0) is 12.3. The van der Waals surface area contributed by atoms with Gasteiger partial charge in [0.1, 0.15) is 12.4 Å². The van der Waals surface area contributed by atoms with Gasteiger partial charge in [-0.2, -0.15) is 0 Å². The van der Waals surface area contributed by atoms with Gasteiger partial charge in [-0.15, -0.1) is 11.3 Å². The van der Waals surface area contributed by atoms with Crippen LogP contribution in [0.3, 0.4) is 0 Å². The van der Waals surface area contributed by atoms with Crippen LogP contribution in [0.15, 0.2) is 30.6 Å². The van der Waals surface area contributed by atoms with Crippen molar-refractivity contribution in [2.45, 2.75) is 13.5 Å². The molecule has 5 heteroatoms. The molecule has 2 aromatic heterocycles. The molecular formula is C12H11NO3S. The first-order chi connectivity index (χ1) is 8.16. The standard InChI is InChI=1S/C12H11NO3S/c1-8-6-10(11(17-8)12(14)15)16-7-9-2-4-13-5-3-9/h2-6H,7H2,1H3,(H,14,15). The minimum absolute atomic E-state index is 0.247. The Balaban J connectivity index is 2.11. The van der Waals surface area contributed by atoms with Gasteiger partial charge in [0.25, 0.3) is 0 Å². The Hall–Kier alpha value is -1.88. The number of aromatic nitrogens is 1. The maximum Gasteiger partial charge on any atom is 0.349 e. The van der Waals surface area contributed by atoms with Gasteiger partial charge in [-0.3, -0.25) is 4.98 Å². The number of rotatable bonds is 4. The van der Waals surface area contributed by atoms with Gasteiger partial charge in [0.15, 0.2) is 4.88 Å².